The van der Waals surface area contributed by atoms with Crippen LogP contribution in [0.3, 0.4) is 0 Å². The Kier molecular flexibility index (Phi) is 8.67. The maximum absolute atomic E-state index is 13.3. The number of hydrogen-bond acceptors (Lipinski definition) is 7. The molecule has 1 amide bonds. The molecule has 0 unspecified atom stereocenters. The summed E-state index contributed by atoms with van der Waals surface area (Å²) in [7, 11) is -2.65. The van der Waals surface area contributed by atoms with Crippen molar-refractivity contribution in [3.05, 3.63) is 83.4 Å². The van der Waals surface area contributed by atoms with Crippen LogP contribution in [0.5, 0.6) is 11.5 Å². The molecule has 0 fully saturated rings. The number of rotatable bonds is 10. The fourth-order valence-corrected chi connectivity index (χ4v) is 4.64. The Morgan fingerprint density at radius 3 is 2.49 bits per heavy atom. The van der Waals surface area contributed by atoms with E-state index in [9.17, 15) is 13.2 Å². The number of nitrogens with zero attached hydrogens (tertiary/aromatic N) is 3. The van der Waals surface area contributed by atoms with Crippen LogP contribution in [0.2, 0.25) is 5.02 Å². The molecule has 180 valence electrons. The number of ether oxygens (including phenoxy) is 2. The second-order valence-corrected chi connectivity index (χ2v) is 9.22. The van der Waals surface area contributed by atoms with Gasteiger partial charge in [-0.15, -0.1) is 0 Å². The largest absolute Gasteiger partial charge is 0.495 e. The van der Waals surface area contributed by atoms with Gasteiger partial charge >= 0.3 is 0 Å². The average molecular weight is 513 g/mol. The van der Waals surface area contributed by atoms with Crippen LogP contribution < -0.4 is 19.2 Å². The van der Waals surface area contributed by atoms with Crippen LogP contribution in [-0.4, -0.2) is 40.8 Å². The quantitative estimate of drug-likeness (QED) is 0.327. The first-order valence-electron chi connectivity index (χ1n) is 10.2. The molecule has 0 aromatic heterocycles. The molecule has 0 saturated heterocycles. The van der Waals surface area contributed by atoms with Crippen molar-refractivity contribution in [2.24, 2.45) is 5.10 Å². The molecule has 0 aliphatic carbocycles. The van der Waals surface area contributed by atoms with Gasteiger partial charge in [0.25, 0.3) is 15.9 Å². The minimum absolute atomic E-state index is 0.0157. The number of hydrazone groups is 1. The van der Waals surface area contributed by atoms with Crippen molar-refractivity contribution in [1.82, 2.24) is 5.43 Å². The highest BCUT2D eigenvalue weighted by molar-refractivity contribution is 7.92. The summed E-state index contributed by atoms with van der Waals surface area (Å²) in [6.45, 7) is -0.608. The molecule has 35 heavy (non-hydrogen) atoms. The van der Waals surface area contributed by atoms with E-state index in [-0.39, 0.29) is 22.2 Å². The number of amides is 1. The van der Waals surface area contributed by atoms with E-state index in [0.717, 1.165) is 4.31 Å². The lowest BCUT2D eigenvalue weighted by Crippen LogP contribution is -2.39. The normalized spacial score (nSPS) is 11.0. The molecule has 9 nitrogen and oxygen atoms in total. The molecule has 1 N–H and O–H groups in total. The minimum atomic E-state index is -4.09. The Morgan fingerprint density at radius 1 is 1.14 bits per heavy atom. The average Bonchev–Trinajstić information content (AvgIpc) is 2.87. The lowest BCUT2D eigenvalue weighted by molar-refractivity contribution is -0.119. The van der Waals surface area contributed by atoms with E-state index in [2.05, 4.69) is 10.5 Å². The van der Waals surface area contributed by atoms with E-state index in [1.807, 2.05) is 6.07 Å². The van der Waals surface area contributed by atoms with Gasteiger partial charge < -0.3 is 9.47 Å². The predicted molar refractivity (Wildman–Crippen MR) is 132 cm³/mol. The number of benzene rings is 3. The molecule has 3 rings (SSSR count). The second-order valence-electron chi connectivity index (χ2n) is 6.95. The topological polar surface area (TPSA) is 121 Å². The summed E-state index contributed by atoms with van der Waals surface area (Å²) in [5.41, 5.74) is 3.18. The number of nitrogens with one attached hydrogen (secondary N) is 1. The summed E-state index contributed by atoms with van der Waals surface area (Å²) in [5, 5.41) is 12.6. The molecule has 0 radical (unpaired) electrons. The van der Waals surface area contributed by atoms with Crippen molar-refractivity contribution in [3.63, 3.8) is 0 Å². The number of halogens is 1. The van der Waals surface area contributed by atoms with E-state index in [1.54, 1.807) is 42.5 Å². The Labute approximate surface area is 208 Å². The van der Waals surface area contributed by atoms with Crippen LogP contribution >= 0.6 is 11.6 Å². The summed E-state index contributed by atoms with van der Waals surface area (Å²) in [4.78, 5) is 12.7. The highest BCUT2D eigenvalue weighted by Gasteiger charge is 2.27. The third-order valence-corrected chi connectivity index (χ3v) is 6.71. The maximum Gasteiger partial charge on any atom is 0.264 e. The van der Waals surface area contributed by atoms with E-state index < -0.39 is 22.5 Å². The smallest absolute Gasteiger partial charge is 0.264 e. The van der Waals surface area contributed by atoms with Crippen LogP contribution in [0, 0.1) is 11.3 Å². The fraction of sp³-hybridized carbons (Fsp3) is 0.125. The summed E-state index contributed by atoms with van der Waals surface area (Å²) in [6.07, 6.45) is 1.40. The maximum atomic E-state index is 13.3. The van der Waals surface area contributed by atoms with Gasteiger partial charge in [-0.05, 0) is 60.2 Å². The Morgan fingerprint density at radius 2 is 1.86 bits per heavy atom. The summed E-state index contributed by atoms with van der Waals surface area (Å²) in [6, 6.07) is 20.7. The molecular formula is C24H21ClN4O5S. The van der Waals surface area contributed by atoms with Crippen LogP contribution in [0.1, 0.15) is 5.56 Å². The summed E-state index contributed by atoms with van der Waals surface area (Å²) in [5.74, 6) is 0.222. The molecular weight excluding hydrogens is 492 g/mol. The van der Waals surface area contributed by atoms with Gasteiger partial charge in [-0.3, -0.25) is 9.10 Å². The molecule has 0 aliphatic heterocycles. The number of nitriles is 1. The number of carbonyl (C=O) groups is 1. The number of methoxy groups -OCH3 is 1. The van der Waals surface area contributed by atoms with E-state index in [4.69, 9.17) is 26.3 Å². The summed E-state index contributed by atoms with van der Waals surface area (Å²) < 4.78 is 37.9. The second kappa shape index (κ2) is 11.9. The zero-order valence-corrected chi connectivity index (χ0v) is 20.2. The summed E-state index contributed by atoms with van der Waals surface area (Å²) >= 11 is 6.20. The lowest BCUT2D eigenvalue weighted by atomic mass is 10.2. The standard InChI is InChI=1S/C24H21ClN4O5S/c1-33-23-12-9-19(15-22(23)25)29(35(31,32)21-5-3-2-4-6-21)17-24(30)28-27-16-18-7-10-20(11-8-18)34-14-13-26/h2-12,15-16H,14,17H2,1H3,(H,28,30)/b27-16-. The van der Waals surface area contributed by atoms with E-state index in [1.165, 1.54) is 43.7 Å². The number of sulfonamides is 1. The number of anilines is 1. The van der Waals surface area contributed by atoms with Gasteiger partial charge in [0.05, 0.1) is 28.9 Å². The van der Waals surface area contributed by atoms with Crippen molar-refractivity contribution in [3.8, 4) is 17.6 Å². The molecule has 3 aromatic carbocycles. The highest BCUT2D eigenvalue weighted by atomic mass is 35.5. The predicted octanol–water partition coefficient (Wildman–Crippen LogP) is 3.60. The van der Waals surface area contributed by atoms with Gasteiger partial charge in [-0.2, -0.15) is 10.4 Å². The van der Waals surface area contributed by atoms with Crippen LogP contribution in [0.25, 0.3) is 0 Å². The molecule has 0 aliphatic rings. The Bertz CT molecular complexity index is 1340. The first-order valence-corrected chi connectivity index (χ1v) is 12.0. The van der Waals surface area contributed by atoms with Crippen LogP contribution in [0.4, 0.5) is 5.69 Å². The minimum Gasteiger partial charge on any atom is -0.495 e. The lowest BCUT2D eigenvalue weighted by Gasteiger charge is -2.24. The van der Waals surface area contributed by atoms with Crippen molar-refractivity contribution < 1.29 is 22.7 Å². The zero-order chi connectivity index (χ0) is 25.3. The monoisotopic (exact) mass is 512 g/mol. The molecule has 0 atom stereocenters. The number of carbonyl (C=O) groups excluding carboxylic acids is 1. The van der Waals surface area contributed by atoms with E-state index >= 15 is 0 Å². The molecule has 11 heteroatoms. The molecule has 0 spiro atoms. The highest BCUT2D eigenvalue weighted by Crippen LogP contribution is 2.31. The van der Waals surface area contributed by atoms with Crippen molar-refractivity contribution >= 4 is 39.4 Å². The van der Waals surface area contributed by atoms with E-state index in [0.29, 0.717) is 17.1 Å². The molecule has 0 saturated carbocycles. The van der Waals surface area contributed by atoms with Crippen molar-refractivity contribution in [2.45, 2.75) is 4.90 Å². The first-order chi connectivity index (χ1) is 16.8. The third kappa shape index (κ3) is 6.72. The van der Waals surface area contributed by atoms with Crippen molar-refractivity contribution in [1.29, 1.82) is 5.26 Å². The van der Waals surface area contributed by atoms with Gasteiger partial charge in [0.2, 0.25) is 0 Å². The fourth-order valence-electron chi connectivity index (χ4n) is 2.96. The van der Waals surface area contributed by atoms with Crippen LogP contribution in [0.15, 0.2) is 82.8 Å². The van der Waals surface area contributed by atoms with Gasteiger partial charge in [0.15, 0.2) is 6.61 Å². The van der Waals surface area contributed by atoms with Gasteiger partial charge in [-0.1, -0.05) is 29.8 Å². The zero-order valence-electron chi connectivity index (χ0n) is 18.6. The Hall–Kier alpha value is -4.07. The van der Waals surface area contributed by atoms with Crippen molar-refractivity contribution in [2.75, 3.05) is 24.6 Å². The molecule has 0 heterocycles. The Balaban J connectivity index is 1.78. The third-order valence-electron chi connectivity index (χ3n) is 4.63. The van der Waals surface area contributed by atoms with Gasteiger partial charge in [-0.25, -0.2) is 13.8 Å². The molecule has 0 bridgehead atoms. The van der Waals surface area contributed by atoms with Gasteiger partial charge in [0, 0.05) is 0 Å². The SMILES string of the molecule is COc1ccc(N(CC(=O)N/N=C\c2ccc(OCC#N)cc2)S(=O)(=O)c2ccccc2)cc1Cl. The molecule has 3 aromatic rings. The number of hydrogen-bond donors (Lipinski definition) is 1. The van der Waals surface area contributed by atoms with Gasteiger partial charge in [0.1, 0.15) is 24.1 Å². The van der Waals surface area contributed by atoms with Crippen LogP contribution in [-0.2, 0) is 14.8 Å². The first kappa shape index (κ1) is 25.6.